The smallest absolute Gasteiger partial charge is 0.244 e. The third kappa shape index (κ3) is 7.41. The van der Waals surface area contributed by atoms with E-state index in [-0.39, 0.29) is 18.9 Å². The van der Waals surface area contributed by atoms with Gasteiger partial charge in [0, 0.05) is 24.5 Å². The fraction of sp³-hybridized carbons (Fsp3) is 0.259. The molecule has 0 spiro atoms. The van der Waals surface area contributed by atoms with Crippen molar-refractivity contribution in [1.82, 2.24) is 10.2 Å². The third-order valence-corrected chi connectivity index (χ3v) is 7.45. The van der Waals surface area contributed by atoms with Crippen LogP contribution in [0.1, 0.15) is 16.7 Å². The number of likely N-dealkylation sites (N-methyl/N-ethyl adjacent to an activating group) is 1. The van der Waals surface area contributed by atoms with E-state index in [1.807, 2.05) is 61.5 Å². The summed E-state index contributed by atoms with van der Waals surface area (Å²) in [6.45, 7) is 1.69. The molecule has 3 rings (SSSR count). The Kier molecular flexibility index (Phi) is 9.28. The number of hydrogen-bond donors (Lipinski definition) is 1. The molecule has 0 aromatic heterocycles. The predicted octanol–water partition coefficient (Wildman–Crippen LogP) is 3.91. The molecule has 190 valence electrons. The Labute approximate surface area is 221 Å². The van der Waals surface area contributed by atoms with Crippen molar-refractivity contribution in [1.29, 1.82) is 0 Å². The van der Waals surface area contributed by atoms with E-state index in [9.17, 15) is 18.0 Å². The second-order valence-corrected chi connectivity index (χ2v) is 11.4. The van der Waals surface area contributed by atoms with Gasteiger partial charge in [-0.1, -0.05) is 76.1 Å². The summed E-state index contributed by atoms with van der Waals surface area (Å²) in [5.74, 6) is -0.803. The molecular weight excluding hydrogens is 542 g/mol. The number of nitrogens with one attached hydrogen (secondary N) is 1. The normalized spacial score (nSPS) is 12.0. The Morgan fingerprint density at radius 3 is 2.08 bits per heavy atom. The number of benzene rings is 3. The lowest BCUT2D eigenvalue weighted by Gasteiger charge is -2.33. The van der Waals surface area contributed by atoms with Crippen LogP contribution in [0.5, 0.6) is 0 Å². The molecule has 2 amide bonds. The SMILES string of the molecule is CNC(=O)C(Cc1ccccc1)N(Cc1ccc(C)cc1)C(=O)CN(c1ccc(Br)cc1)S(C)(=O)=O. The number of carbonyl (C=O) groups is 2. The Morgan fingerprint density at radius 2 is 1.53 bits per heavy atom. The van der Waals surface area contributed by atoms with Gasteiger partial charge >= 0.3 is 0 Å². The maximum absolute atomic E-state index is 13.8. The van der Waals surface area contributed by atoms with E-state index in [1.165, 1.54) is 11.9 Å². The van der Waals surface area contributed by atoms with E-state index in [0.717, 1.165) is 31.7 Å². The van der Waals surface area contributed by atoms with Gasteiger partial charge in [0.2, 0.25) is 21.8 Å². The highest BCUT2D eigenvalue weighted by Crippen LogP contribution is 2.22. The second-order valence-electron chi connectivity index (χ2n) is 8.57. The highest BCUT2D eigenvalue weighted by molar-refractivity contribution is 9.10. The van der Waals surface area contributed by atoms with Gasteiger partial charge in [-0.25, -0.2) is 8.42 Å². The first kappa shape index (κ1) is 27.4. The maximum Gasteiger partial charge on any atom is 0.244 e. The average Bonchev–Trinajstić information content (AvgIpc) is 2.86. The summed E-state index contributed by atoms with van der Waals surface area (Å²) in [4.78, 5) is 28.3. The van der Waals surface area contributed by atoms with E-state index in [2.05, 4.69) is 21.2 Å². The molecule has 0 aliphatic carbocycles. The van der Waals surface area contributed by atoms with Crippen LogP contribution < -0.4 is 9.62 Å². The van der Waals surface area contributed by atoms with Crippen LogP contribution in [0.2, 0.25) is 0 Å². The fourth-order valence-electron chi connectivity index (χ4n) is 3.83. The highest BCUT2D eigenvalue weighted by atomic mass is 79.9. The lowest BCUT2D eigenvalue weighted by Crippen LogP contribution is -2.52. The van der Waals surface area contributed by atoms with Gasteiger partial charge < -0.3 is 10.2 Å². The van der Waals surface area contributed by atoms with Gasteiger partial charge in [-0.15, -0.1) is 0 Å². The minimum absolute atomic E-state index is 0.155. The molecule has 1 unspecified atom stereocenters. The van der Waals surface area contributed by atoms with Crippen molar-refractivity contribution in [2.75, 3.05) is 24.2 Å². The number of nitrogens with zero attached hydrogens (tertiary/aromatic N) is 2. The van der Waals surface area contributed by atoms with Crippen LogP contribution in [0, 0.1) is 6.92 Å². The van der Waals surface area contributed by atoms with Crippen molar-refractivity contribution in [2.24, 2.45) is 0 Å². The second kappa shape index (κ2) is 12.2. The molecular formula is C27H30BrN3O4S. The van der Waals surface area contributed by atoms with Gasteiger partial charge in [0.15, 0.2) is 0 Å². The maximum atomic E-state index is 13.8. The first-order valence-corrected chi connectivity index (χ1v) is 14.1. The summed E-state index contributed by atoms with van der Waals surface area (Å²) in [7, 11) is -2.25. The fourth-order valence-corrected chi connectivity index (χ4v) is 4.95. The Balaban J connectivity index is 2.00. The Morgan fingerprint density at radius 1 is 0.917 bits per heavy atom. The van der Waals surface area contributed by atoms with Crippen LogP contribution in [0.15, 0.2) is 83.3 Å². The molecule has 0 bridgehead atoms. The minimum atomic E-state index is -3.78. The van der Waals surface area contributed by atoms with E-state index >= 15 is 0 Å². The van der Waals surface area contributed by atoms with Crippen LogP contribution >= 0.6 is 15.9 Å². The number of carbonyl (C=O) groups excluding carboxylic acids is 2. The topological polar surface area (TPSA) is 86.8 Å². The zero-order chi connectivity index (χ0) is 26.3. The van der Waals surface area contributed by atoms with Crippen LogP contribution in [0.25, 0.3) is 0 Å². The first-order chi connectivity index (χ1) is 17.1. The lowest BCUT2D eigenvalue weighted by atomic mass is 10.0. The van der Waals surface area contributed by atoms with Gasteiger partial charge in [0.25, 0.3) is 0 Å². The zero-order valence-electron chi connectivity index (χ0n) is 20.5. The van der Waals surface area contributed by atoms with Crippen LogP contribution in [-0.4, -0.2) is 51.0 Å². The van der Waals surface area contributed by atoms with Crippen molar-refractivity contribution in [2.45, 2.75) is 25.9 Å². The number of hydrogen-bond acceptors (Lipinski definition) is 4. The summed E-state index contributed by atoms with van der Waals surface area (Å²) in [5.41, 5.74) is 3.16. The molecule has 0 aliphatic heterocycles. The number of sulfonamides is 1. The van der Waals surface area contributed by atoms with Gasteiger partial charge in [0.1, 0.15) is 12.6 Å². The number of halogens is 1. The molecule has 0 aliphatic rings. The quantitative estimate of drug-likeness (QED) is 0.399. The summed E-state index contributed by atoms with van der Waals surface area (Å²) in [6.07, 6.45) is 1.35. The summed E-state index contributed by atoms with van der Waals surface area (Å²) < 4.78 is 27.2. The molecule has 1 N–H and O–H groups in total. The molecule has 36 heavy (non-hydrogen) atoms. The van der Waals surface area contributed by atoms with Crippen molar-refractivity contribution in [3.63, 3.8) is 0 Å². The van der Waals surface area contributed by atoms with Crippen LogP contribution in [-0.2, 0) is 32.6 Å². The van der Waals surface area contributed by atoms with E-state index in [0.29, 0.717) is 5.69 Å². The Hall–Kier alpha value is -3.17. The summed E-state index contributed by atoms with van der Waals surface area (Å²) in [5, 5.41) is 2.67. The van der Waals surface area contributed by atoms with Crippen LogP contribution in [0.4, 0.5) is 5.69 Å². The number of anilines is 1. The van der Waals surface area contributed by atoms with Gasteiger partial charge in [0.05, 0.1) is 11.9 Å². The summed E-state index contributed by atoms with van der Waals surface area (Å²) >= 11 is 3.35. The molecule has 0 saturated heterocycles. The number of amides is 2. The van der Waals surface area contributed by atoms with Crippen molar-refractivity contribution < 1.29 is 18.0 Å². The third-order valence-electron chi connectivity index (χ3n) is 5.78. The highest BCUT2D eigenvalue weighted by Gasteiger charge is 2.32. The lowest BCUT2D eigenvalue weighted by molar-refractivity contribution is -0.139. The zero-order valence-corrected chi connectivity index (χ0v) is 22.9. The van der Waals surface area contributed by atoms with Crippen molar-refractivity contribution >= 4 is 43.5 Å². The molecule has 0 radical (unpaired) electrons. The monoisotopic (exact) mass is 571 g/mol. The predicted molar refractivity (Wildman–Crippen MR) is 146 cm³/mol. The summed E-state index contributed by atoms with van der Waals surface area (Å²) in [6, 6.07) is 23.0. The number of rotatable bonds is 10. The van der Waals surface area contributed by atoms with Gasteiger partial charge in [-0.05, 0) is 42.3 Å². The van der Waals surface area contributed by atoms with Crippen LogP contribution in [0.3, 0.4) is 0 Å². The van der Waals surface area contributed by atoms with Crippen molar-refractivity contribution in [3.05, 3.63) is 100 Å². The largest absolute Gasteiger partial charge is 0.357 e. The van der Waals surface area contributed by atoms with Crippen molar-refractivity contribution in [3.8, 4) is 0 Å². The molecule has 7 nitrogen and oxygen atoms in total. The van der Waals surface area contributed by atoms with E-state index in [1.54, 1.807) is 24.3 Å². The average molecular weight is 573 g/mol. The van der Waals surface area contributed by atoms with Gasteiger partial charge in [-0.3, -0.25) is 13.9 Å². The molecule has 3 aromatic rings. The minimum Gasteiger partial charge on any atom is -0.357 e. The Bertz CT molecular complexity index is 1280. The molecule has 3 aromatic carbocycles. The standard InChI is InChI=1S/C27H30BrN3O4S/c1-20-9-11-22(12-10-20)18-30(25(27(33)29-2)17-21-7-5-4-6-8-21)26(32)19-31(36(3,34)35)24-15-13-23(28)14-16-24/h4-16,25H,17-19H2,1-3H3,(H,29,33). The van der Waals surface area contributed by atoms with E-state index in [4.69, 9.17) is 0 Å². The first-order valence-electron chi connectivity index (χ1n) is 11.4. The molecule has 9 heteroatoms. The molecule has 0 heterocycles. The van der Waals surface area contributed by atoms with Gasteiger partial charge in [-0.2, -0.15) is 0 Å². The molecule has 1 atom stereocenters. The molecule has 0 saturated carbocycles. The van der Waals surface area contributed by atoms with E-state index < -0.39 is 28.5 Å². The number of aryl methyl sites for hydroxylation is 1. The molecule has 0 fully saturated rings.